The normalized spacial score (nSPS) is 7.70. The third kappa shape index (κ3) is 7.46. The van der Waals surface area contributed by atoms with Crippen LogP contribution in [0.15, 0.2) is 12.7 Å². The summed E-state index contributed by atoms with van der Waals surface area (Å²) < 4.78 is 0. The third-order valence-corrected chi connectivity index (χ3v) is 0.820. The van der Waals surface area contributed by atoms with Crippen LogP contribution in [0.25, 0.3) is 0 Å². The third-order valence-electron chi connectivity index (χ3n) is 0.820. The van der Waals surface area contributed by atoms with Crippen LogP contribution in [0.2, 0.25) is 0 Å². The predicted molar refractivity (Wildman–Crippen MR) is 42.2 cm³/mol. The number of nitrogens with one attached hydrogen (secondary N) is 1. The van der Waals surface area contributed by atoms with Crippen molar-refractivity contribution in [3.05, 3.63) is 12.7 Å². The maximum atomic E-state index is 10.4. The lowest BCUT2D eigenvalue weighted by molar-refractivity contribution is -0.116. The van der Waals surface area contributed by atoms with E-state index in [-0.39, 0.29) is 24.9 Å². The van der Waals surface area contributed by atoms with E-state index < -0.39 is 0 Å². The van der Waals surface area contributed by atoms with Crippen molar-refractivity contribution in [2.75, 3.05) is 13.2 Å². The molecule has 0 atom stereocenters. The van der Waals surface area contributed by atoms with Gasteiger partial charge in [0.15, 0.2) is 0 Å². The highest BCUT2D eigenvalue weighted by Gasteiger charge is 1.89. The molecule has 0 fully saturated rings. The molecule has 0 aliphatic carbocycles. The van der Waals surface area contributed by atoms with E-state index in [2.05, 4.69) is 11.9 Å². The Balaban J connectivity index is 0. The van der Waals surface area contributed by atoms with Gasteiger partial charge in [0.25, 0.3) is 0 Å². The van der Waals surface area contributed by atoms with Crippen LogP contribution in [0.4, 0.5) is 0 Å². The summed E-state index contributed by atoms with van der Waals surface area (Å²) in [6.07, 6.45) is 1.80. The molecular weight excluding hydrogens is 154 g/mol. The van der Waals surface area contributed by atoms with Crippen molar-refractivity contribution in [3.8, 4) is 0 Å². The smallest absolute Gasteiger partial charge is 0.243 e. The Morgan fingerprint density at radius 2 is 2.30 bits per heavy atom. The molecule has 0 aliphatic rings. The summed E-state index contributed by atoms with van der Waals surface area (Å²) in [7, 11) is 0. The van der Waals surface area contributed by atoms with Crippen molar-refractivity contribution < 1.29 is 9.90 Å². The topological polar surface area (TPSA) is 49.3 Å². The second kappa shape index (κ2) is 8.46. The quantitative estimate of drug-likeness (QED) is 0.459. The SMILES string of the molecule is C=CC(=O)NCCCO.Cl. The van der Waals surface area contributed by atoms with Gasteiger partial charge in [-0.15, -0.1) is 12.4 Å². The van der Waals surface area contributed by atoms with Crippen LogP contribution in [-0.4, -0.2) is 24.2 Å². The first-order valence-electron chi connectivity index (χ1n) is 2.82. The Hall–Kier alpha value is -0.540. The summed E-state index contributed by atoms with van der Waals surface area (Å²) in [5.41, 5.74) is 0. The monoisotopic (exact) mass is 165 g/mol. The van der Waals surface area contributed by atoms with Gasteiger partial charge in [-0.25, -0.2) is 0 Å². The zero-order valence-electron chi connectivity index (χ0n) is 5.67. The van der Waals surface area contributed by atoms with Crippen molar-refractivity contribution in [2.45, 2.75) is 6.42 Å². The summed E-state index contributed by atoms with van der Waals surface area (Å²) in [6, 6.07) is 0. The minimum Gasteiger partial charge on any atom is -0.396 e. The Labute approximate surface area is 66.5 Å². The summed E-state index contributed by atoms with van der Waals surface area (Å²) in [5, 5.41) is 10.8. The first-order valence-corrected chi connectivity index (χ1v) is 2.82. The zero-order chi connectivity index (χ0) is 7.11. The Morgan fingerprint density at radius 1 is 1.70 bits per heavy atom. The molecule has 0 aromatic carbocycles. The molecule has 60 valence electrons. The van der Waals surface area contributed by atoms with E-state index in [1.807, 2.05) is 0 Å². The second-order valence-electron chi connectivity index (χ2n) is 1.57. The molecule has 0 rings (SSSR count). The number of hydrogen-bond donors (Lipinski definition) is 2. The van der Waals surface area contributed by atoms with Gasteiger partial charge < -0.3 is 10.4 Å². The summed E-state index contributed by atoms with van der Waals surface area (Å²) in [5.74, 6) is -0.191. The Bertz CT molecular complexity index is 106. The molecule has 0 aromatic rings. The molecule has 0 saturated carbocycles. The van der Waals surface area contributed by atoms with Crippen LogP contribution in [-0.2, 0) is 4.79 Å². The highest BCUT2D eigenvalue weighted by molar-refractivity contribution is 5.86. The predicted octanol–water partition coefficient (Wildman–Crippen LogP) is 0.0928. The number of carbonyl (C=O) groups is 1. The maximum absolute atomic E-state index is 10.4. The molecule has 0 radical (unpaired) electrons. The van der Waals surface area contributed by atoms with Gasteiger partial charge in [-0.2, -0.15) is 0 Å². The average Bonchev–Trinajstić information content (AvgIpc) is 1.89. The van der Waals surface area contributed by atoms with Gasteiger partial charge in [-0.3, -0.25) is 4.79 Å². The lowest BCUT2D eigenvalue weighted by Gasteiger charge is -1.96. The molecule has 2 N–H and O–H groups in total. The number of rotatable bonds is 4. The molecule has 4 heteroatoms. The highest BCUT2D eigenvalue weighted by Crippen LogP contribution is 1.72. The van der Waals surface area contributed by atoms with Crippen LogP contribution >= 0.6 is 12.4 Å². The molecule has 0 bridgehead atoms. The fourth-order valence-electron chi connectivity index (χ4n) is 0.363. The van der Waals surface area contributed by atoms with E-state index in [0.29, 0.717) is 13.0 Å². The lowest BCUT2D eigenvalue weighted by atomic mass is 10.4. The number of carbonyl (C=O) groups excluding carboxylic acids is 1. The lowest BCUT2D eigenvalue weighted by Crippen LogP contribution is -2.22. The van der Waals surface area contributed by atoms with Crippen LogP contribution in [0.1, 0.15) is 6.42 Å². The van der Waals surface area contributed by atoms with Gasteiger partial charge in [-0.1, -0.05) is 6.58 Å². The molecule has 0 aliphatic heterocycles. The summed E-state index contributed by atoms with van der Waals surface area (Å²) in [4.78, 5) is 10.4. The van der Waals surface area contributed by atoms with Crippen molar-refractivity contribution in [1.82, 2.24) is 5.32 Å². The van der Waals surface area contributed by atoms with E-state index in [1.165, 1.54) is 6.08 Å². The Kier molecular flexibility index (Phi) is 10.3. The number of aliphatic hydroxyl groups is 1. The molecular formula is C6H12ClNO2. The number of aliphatic hydroxyl groups excluding tert-OH is 1. The van der Waals surface area contributed by atoms with E-state index in [9.17, 15) is 4.79 Å². The van der Waals surface area contributed by atoms with E-state index >= 15 is 0 Å². The minimum absolute atomic E-state index is 0. The number of hydrogen-bond acceptors (Lipinski definition) is 2. The fraction of sp³-hybridized carbons (Fsp3) is 0.500. The summed E-state index contributed by atoms with van der Waals surface area (Å²) >= 11 is 0. The molecule has 0 spiro atoms. The van der Waals surface area contributed by atoms with E-state index in [4.69, 9.17) is 5.11 Å². The van der Waals surface area contributed by atoms with Crippen LogP contribution < -0.4 is 5.32 Å². The largest absolute Gasteiger partial charge is 0.396 e. The van der Waals surface area contributed by atoms with Crippen molar-refractivity contribution in [2.24, 2.45) is 0 Å². The molecule has 0 aromatic heterocycles. The van der Waals surface area contributed by atoms with Gasteiger partial charge in [0.1, 0.15) is 0 Å². The minimum atomic E-state index is -0.191. The first kappa shape index (κ1) is 12.2. The number of amides is 1. The van der Waals surface area contributed by atoms with Crippen LogP contribution in [0.5, 0.6) is 0 Å². The molecule has 0 unspecified atom stereocenters. The second-order valence-corrected chi connectivity index (χ2v) is 1.57. The van der Waals surface area contributed by atoms with Gasteiger partial charge in [-0.05, 0) is 12.5 Å². The van der Waals surface area contributed by atoms with Crippen LogP contribution in [0, 0.1) is 0 Å². The van der Waals surface area contributed by atoms with Crippen molar-refractivity contribution in [1.29, 1.82) is 0 Å². The standard InChI is InChI=1S/C6H11NO2.ClH/c1-2-6(9)7-4-3-5-8;/h2,8H,1,3-5H2,(H,7,9);1H. The molecule has 0 heterocycles. The average molecular weight is 166 g/mol. The molecule has 10 heavy (non-hydrogen) atoms. The first-order chi connectivity index (χ1) is 4.31. The zero-order valence-corrected chi connectivity index (χ0v) is 6.49. The maximum Gasteiger partial charge on any atom is 0.243 e. The van der Waals surface area contributed by atoms with Crippen molar-refractivity contribution in [3.63, 3.8) is 0 Å². The van der Waals surface area contributed by atoms with Crippen LogP contribution in [0.3, 0.4) is 0 Å². The van der Waals surface area contributed by atoms with Gasteiger partial charge in [0.05, 0.1) is 0 Å². The molecule has 1 amide bonds. The highest BCUT2D eigenvalue weighted by atomic mass is 35.5. The van der Waals surface area contributed by atoms with Gasteiger partial charge in [0, 0.05) is 13.2 Å². The number of halogens is 1. The van der Waals surface area contributed by atoms with Gasteiger partial charge >= 0.3 is 0 Å². The fourth-order valence-corrected chi connectivity index (χ4v) is 0.363. The van der Waals surface area contributed by atoms with E-state index in [0.717, 1.165) is 0 Å². The van der Waals surface area contributed by atoms with Crippen molar-refractivity contribution >= 4 is 18.3 Å². The molecule has 0 saturated heterocycles. The summed E-state index contributed by atoms with van der Waals surface area (Å²) in [6.45, 7) is 3.89. The Morgan fingerprint density at radius 3 is 2.70 bits per heavy atom. The molecule has 3 nitrogen and oxygen atoms in total. The van der Waals surface area contributed by atoms with E-state index in [1.54, 1.807) is 0 Å². The van der Waals surface area contributed by atoms with Gasteiger partial charge in [0.2, 0.25) is 5.91 Å².